The van der Waals surface area contributed by atoms with Gasteiger partial charge in [-0.1, -0.05) is 12.1 Å². The van der Waals surface area contributed by atoms with E-state index in [1.807, 2.05) is 24.3 Å². The molecule has 0 spiro atoms. The van der Waals surface area contributed by atoms with Crippen LogP contribution < -0.4 is 10.3 Å². The minimum atomic E-state index is 0.464. The molecule has 0 saturated carbocycles. The summed E-state index contributed by atoms with van der Waals surface area (Å²) in [5.74, 6) is 1.60. The first kappa shape index (κ1) is 16.5. The molecule has 0 atom stereocenters. The maximum Gasteiger partial charge on any atom is 0.243 e. The summed E-state index contributed by atoms with van der Waals surface area (Å²) in [6, 6.07) is 9.78. The Hall–Kier alpha value is -1.85. The molecule has 0 aliphatic carbocycles. The Kier molecular flexibility index (Phi) is 6.93. The van der Waals surface area contributed by atoms with E-state index in [4.69, 9.17) is 23.2 Å². The lowest BCUT2D eigenvalue weighted by atomic mass is 10.2. The van der Waals surface area contributed by atoms with E-state index in [2.05, 4.69) is 25.4 Å². The molecule has 7 heteroatoms. The van der Waals surface area contributed by atoms with Gasteiger partial charge in [0.15, 0.2) is 0 Å². The van der Waals surface area contributed by atoms with Crippen molar-refractivity contribution in [2.75, 3.05) is 35.2 Å². The number of benzene rings is 1. The maximum atomic E-state index is 5.81. The van der Waals surface area contributed by atoms with Gasteiger partial charge in [0.05, 0.1) is 6.21 Å². The molecule has 1 aromatic heterocycles. The van der Waals surface area contributed by atoms with Crippen LogP contribution in [0.25, 0.3) is 0 Å². The third-order valence-electron chi connectivity index (χ3n) is 2.91. The first-order chi connectivity index (χ1) is 10.8. The highest BCUT2D eigenvalue weighted by Gasteiger charge is 2.04. The lowest BCUT2D eigenvalue weighted by molar-refractivity contribution is 0.874. The van der Waals surface area contributed by atoms with E-state index >= 15 is 0 Å². The second kappa shape index (κ2) is 9.23. The summed E-state index contributed by atoms with van der Waals surface area (Å²) in [6.07, 6.45) is 5.03. The van der Waals surface area contributed by atoms with Crippen molar-refractivity contribution >= 4 is 41.1 Å². The van der Waals surface area contributed by atoms with Gasteiger partial charge in [-0.15, -0.1) is 23.2 Å². The maximum absolute atomic E-state index is 5.81. The van der Waals surface area contributed by atoms with Crippen molar-refractivity contribution in [3.63, 3.8) is 0 Å². The fraction of sp³-hybridized carbons (Fsp3) is 0.267. The first-order valence-corrected chi connectivity index (χ1v) is 7.93. The zero-order valence-electron chi connectivity index (χ0n) is 12.0. The highest BCUT2D eigenvalue weighted by atomic mass is 35.5. The summed E-state index contributed by atoms with van der Waals surface area (Å²) in [4.78, 5) is 10.2. The number of nitrogens with zero attached hydrogens (tertiary/aromatic N) is 4. The molecule has 0 fully saturated rings. The summed E-state index contributed by atoms with van der Waals surface area (Å²) in [5, 5.41) is 4.10. The Morgan fingerprint density at radius 1 is 1.05 bits per heavy atom. The molecule has 0 aliphatic rings. The van der Waals surface area contributed by atoms with Crippen molar-refractivity contribution in [3.8, 4) is 0 Å². The minimum absolute atomic E-state index is 0.464. The molecule has 0 radical (unpaired) electrons. The third kappa shape index (κ3) is 5.16. The van der Waals surface area contributed by atoms with Crippen LogP contribution in [0.4, 0.5) is 11.6 Å². The number of anilines is 2. The van der Waals surface area contributed by atoms with Crippen LogP contribution in [-0.2, 0) is 0 Å². The molecule has 5 nitrogen and oxygen atoms in total. The molecule has 2 rings (SSSR count). The normalized spacial score (nSPS) is 10.8. The molecular weight excluding hydrogens is 321 g/mol. The van der Waals surface area contributed by atoms with E-state index in [1.54, 1.807) is 24.7 Å². The SMILES string of the molecule is ClCCN(CCCl)c1ccc(/C=N\Nc2ncccn2)cc1. The zero-order valence-corrected chi connectivity index (χ0v) is 13.5. The van der Waals surface area contributed by atoms with Crippen LogP contribution in [-0.4, -0.2) is 41.0 Å². The highest BCUT2D eigenvalue weighted by Crippen LogP contribution is 2.15. The number of nitrogens with one attached hydrogen (secondary N) is 1. The molecule has 2 aromatic rings. The predicted octanol–water partition coefficient (Wildman–Crippen LogP) is 3.21. The molecule has 1 heterocycles. The Bertz CT molecular complexity index is 568. The number of hydrazone groups is 1. The van der Waals surface area contributed by atoms with Gasteiger partial charge >= 0.3 is 0 Å². The topological polar surface area (TPSA) is 53.4 Å². The van der Waals surface area contributed by atoms with Crippen LogP contribution >= 0.6 is 23.2 Å². The summed E-state index contributed by atoms with van der Waals surface area (Å²) >= 11 is 11.6. The zero-order chi connectivity index (χ0) is 15.6. The second-order valence-corrected chi connectivity index (χ2v) is 5.15. The third-order valence-corrected chi connectivity index (χ3v) is 3.25. The average Bonchev–Trinajstić information content (AvgIpc) is 2.56. The van der Waals surface area contributed by atoms with Gasteiger partial charge in [-0.25, -0.2) is 15.4 Å². The Morgan fingerprint density at radius 3 is 2.27 bits per heavy atom. The van der Waals surface area contributed by atoms with Crippen LogP contribution in [0.15, 0.2) is 47.8 Å². The summed E-state index contributed by atoms with van der Waals surface area (Å²) in [6.45, 7) is 1.54. The van der Waals surface area contributed by atoms with Crippen LogP contribution in [0.3, 0.4) is 0 Å². The molecule has 22 heavy (non-hydrogen) atoms. The highest BCUT2D eigenvalue weighted by molar-refractivity contribution is 6.18. The average molecular weight is 338 g/mol. The molecule has 0 bridgehead atoms. The Balaban J connectivity index is 1.96. The number of hydrogen-bond donors (Lipinski definition) is 1. The monoisotopic (exact) mass is 337 g/mol. The quantitative estimate of drug-likeness (QED) is 0.456. The minimum Gasteiger partial charge on any atom is -0.369 e. The number of alkyl halides is 2. The van der Waals surface area contributed by atoms with E-state index in [0.717, 1.165) is 24.3 Å². The number of hydrogen-bond acceptors (Lipinski definition) is 5. The fourth-order valence-corrected chi connectivity index (χ4v) is 2.27. The van der Waals surface area contributed by atoms with Gasteiger partial charge in [0.2, 0.25) is 5.95 Å². The standard InChI is InChI=1S/C15H17Cl2N5/c16-6-10-22(11-7-17)14-4-2-13(3-5-14)12-20-21-15-18-8-1-9-19-15/h1-5,8-9,12H,6-7,10-11H2,(H,18,19,21)/b20-12-. The fourth-order valence-electron chi connectivity index (χ4n) is 1.87. The molecule has 0 amide bonds. The Morgan fingerprint density at radius 2 is 1.68 bits per heavy atom. The van der Waals surface area contributed by atoms with E-state index in [1.165, 1.54) is 0 Å². The van der Waals surface area contributed by atoms with Gasteiger partial charge < -0.3 is 4.90 Å². The van der Waals surface area contributed by atoms with Crippen LogP contribution in [0.2, 0.25) is 0 Å². The van der Waals surface area contributed by atoms with Gasteiger partial charge in [0, 0.05) is 42.9 Å². The van der Waals surface area contributed by atoms with E-state index < -0.39 is 0 Å². The largest absolute Gasteiger partial charge is 0.369 e. The first-order valence-electron chi connectivity index (χ1n) is 6.86. The van der Waals surface area contributed by atoms with Gasteiger partial charge in [-0.3, -0.25) is 0 Å². The number of halogens is 2. The van der Waals surface area contributed by atoms with Gasteiger partial charge in [0.1, 0.15) is 0 Å². The lowest BCUT2D eigenvalue weighted by Gasteiger charge is -2.22. The molecular formula is C15H17Cl2N5. The van der Waals surface area contributed by atoms with Crippen LogP contribution in [0, 0.1) is 0 Å². The second-order valence-electron chi connectivity index (χ2n) is 4.40. The predicted molar refractivity (Wildman–Crippen MR) is 93.3 cm³/mol. The van der Waals surface area contributed by atoms with E-state index in [9.17, 15) is 0 Å². The summed E-state index contributed by atoms with van der Waals surface area (Å²) in [5.41, 5.74) is 4.84. The van der Waals surface area contributed by atoms with Crippen molar-refractivity contribution in [2.45, 2.75) is 0 Å². The van der Waals surface area contributed by atoms with Crippen molar-refractivity contribution in [2.24, 2.45) is 5.10 Å². The molecule has 116 valence electrons. The van der Waals surface area contributed by atoms with E-state index in [0.29, 0.717) is 17.7 Å². The van der Waals surface area contributed by atoms with Gasteiger partial charge in [-0.05, 0) is 23.8 Å². The molecule has 0 unspecified atom stereocenters. The molecule has 0 aliphatic heterocycles. The van der Waals surface area contributed by atoms with Gasteiger partial charge in [0.25, 0.3) is 0 Å². The van der Waals surface area contributed by atoms with E-state index in [-0.39, 0.29) is 0 Å². The van der Waals surface area contributed by atoms with Crippen molar-refractivity contribution in [1.82, 2.24) is 9.97 Å². The van der Waals surface area contributed by atoms with Gasteiger partial charge in [-0.2, -0.15) is 5.10 Å². The number of aromatic nitrogens is 2. The Labute approximate surface area is 140 Å². The van der Waals surface area contributed by atoms with Crippen LogP contribution in [0.5, 0.6) is 0 Å². The molecule has 1 aromatic carbocycles. The lowest BCUT2D eigenvalue weighted by Crippen LogP contribution is -2.27. The molecule has 0 saturated heterocycles. The summed E-state index contributed by atoms with van der Waals surface area (Å²) < 4.78 is 0. The smallest absolute Gasteiger partial charge is 0.243 e. The van der Waals surface area contributed by atoms with Crippen molar-refractivity contribution in [1.29, 1.82) is 0 Å². The number of rotatable bonds is 8. The van der Waals surface area contributed by atoms with Crippen molar-refractivity contribution < 1.29 is 0 Å². The summed E-state index contributed by atoms with van der Waals surface area (Å²) in [7, 11) is 0. The van der Waals surface area contributed by atoms with Crippen LogP contribution in [0.1, 0.15) is 5.56 Å². The van der Waals surface area contributed by atoms with Crippen molar-refractivity contribution in [3.05, 3.63) is 48.3 Å². The molecule has 1 N–H and O–H groups in total.